The number of rotatable bonds is 7. The van der Waals surface area contributed by atoms with Gasteiger partial charge in [0.1, 0.15) is 12.1 Å². The molecule has 4 amide bonds. The van der Waals surface area contributed by atoms with Gasteiger partial charge in [0.15, 0.2) is 0 Å². The van der Waals surface area contributed by atoms with Gasteiger partial charge in [-0.25, -0.2) is 4.79 Å². The summed E-state index contributed by atoms with van der Waals surface area (Å²) in [4.78, 5) is 48.4. The number of nitrogens with one attached hydrogen (secondary N) is 2. The van der Waals surface area contributed by atoms with Crippen molar-refractivity contribution in [3.8, 4) is 0 Å². The van der Waals surface area contributed by atoms with Gasteiger partial charge in [0.25, 0.3) is 5.91 Å². The van der Waals surface area contributed by atoms with Crippen molar-refractivity contribution in [3.63, 3.8) is 0 Å². The van der Waals surface area contributed by atoms with Crippen molar-refractivity contribution in [1.29, 1.82) is 0 Å². The number of benzene rings is 1. The number of nitrogens with zero attached hydrogens (tertiary/aromatic N) is 1. The topological polar surface area (TPSA) is 116 Å². The van der Waals surface area contributed by atoms with Gasteiger partial charge in [0, 0.05) is 12.1 Å². The van der Waals surface area contributed by atoms with Gasteiger partial charge >= 0.3 is 12.0 Å². The molecule has 1 heterocycles. The molecule has 0 radical (unpaired) electrons. The number of hydrogen-bond donors (Lipinski definition) is 3. The predicted molar refractivity (Wildman–Crippen MR) is 92.4 cm³/mol. The van der Waals surface area contributed by atoms with Crippen LogP contribution in [0.5, 0.6) is 0 Å². The van der Waals surface area contributed by atoms with E-state index in [2.05, 4.69) is 10.6 Å². The number of amides is 4. The van der Waals surface area contributed by atoms with E-state index in [1.165, 1.54) is 0 Å². The van der Waals surface area contributed by atoms with Gasteiger partial charge in [-0.2, -0.15) is 0 Å². The Labute approximate surface area is 150 Å². The van der Waals surface area contributed by atoms with Gasteiger partial charge in [-0.15, -0.1) is 0 Å². The number of carboxylic acids is 1. The van der Waals surface area contributed by atoms with Gasteiger partial charge in [0.05, 0.1) is 0 Å². The van der Waals surface area contributed by atoms with Crippen LogP contribution in [0.4, 0.5) is 10.5 Å². The summed E-state index contributed by atoms with van der Waals surface area (Å²) in [6, 6.07) is 6.29. The monoisotopic (exact) mass is 359 g/mol. The summed E-state index contributed by atoms with van der Waals surface area (Å²) in [5.41, 5.74) is 0.366. The largest absolute Gasteiger partial charge is 0.481 e. The smallest absolute Gasteiger partial charge is 0.325 e. The lowest BCUT2D eigenvalue weighted by Gasteiger charge is -2.20. The fraction of sp³-hybridized carbons (Fsp3) is 0.444. The van der Waals surface area contributed by atoms with Gasteiger partial charge < -0.3 is 15.7 Å². The molecular weight excluding hydrogens is 338 g/mol. The molecular formula is C18H21N3O5. The Kier molecular flexibility index (Phi) is 4.67. The first-order valence-electron chi connectivity index (χ1n) is 8.54. The van der Waals surface area contributed by atoms with Gasteiger partial charge in [-0.05, 0) is 49.8 Å². The van der Waals surface area contributed by atoms with Crippen molar-refractivity contribution in [3.05, 3.63) is 29.8 Å². The molecule has 1 unspecified atom stereocenters. The van der Waals surface area contributed by atoms with Crippen molar-refractivity contribution in [2.75, 3.05) is 11.9 Å². The molecule has 1 aromatic carbocycles. The molecule has 1 atom stereocenters. The van der Waals surface area contributed by atoms with E-state index in [0.717, 1.165) is 23.3 Å². The molecule has 1 saturated carbocycles. The van der Waals surface area contributed by atoms with E-state index in [0.29, 0.717) is 12.1 Å². The minimum Gasteiger partial charge on any atom is -0.481 e. The van der Waals surface area contributed by atoms with E-state index in [9.17, 15) is 19.2 Å². The zero-order chi connectivity index (χ0) is 18.9. The first-order chi connectivity index (χ1) is 12.3. The fourth-order valence-corrected chi connectivity index (χ4v) is 3.20. The normalized spacial score (nSPS) is 22.3. The molecule has 8 nitrogen and oxygen atoms in total. The molecule has 1 saturated heterocycles. The number of carboxylic acid groups (broad SMARTS) is 1. The van der Waals surface area contributed by atoms with Crippen molar-refractivity contribution < 1.29 is 24.3 Å². The Balaban J connectivity index is 1.60. The number of carbonyl (C=O) groups excluding carboxylic acids is 3. The first kappa shape index (κ1) is 17.9. The van der Waals surface area contributed by atoms with E-state index in [4.69, 9.17) is 5.11 Å². The lowest BCUT2D eigenvalue weighted by molar-refractivity contribution is -0.137. The number of urea groups is 1. The van der Waals surface area contributed by atoms with Crippen molar-refractivity contribution in [1.82, 2.24) is 10.2 Å². The van der Waals surface area contributed by atoms with Crippen molar-refractivity contribution in [2.24, 2.45) is 5.92 Å². The molecule has 0 spiro atoms. The second kappa shape index (κ2) is 6.78. The molecule has 2 aliphatic rings. The number of carbonyl (C=O) groups is 4. The first-order valence-corrected chi connectivity index (χ1v) is 8.54. The third kappa shape index (κ3) is 3.68. The average Bonchev–Trinajstić information content (AvgIpc) is 3.40. The summed E-state index contributed by atoms with van der Waals surface area (Å²) < 4.78 is 0. The summed E-state index contributed by atoms with van der Waals surface area (Å²) in [6.45, 7) is 1.35. The number of hydrogen-bond acceptors (Lipinski definition) is 4. The lowest BCUT2D eigenvalue weighted by atomic mass is 9.96. The Hall–Kier alpha value is -2.90. The van der Waals surface area contributed by atoms with Crippen LogP contribution in [0.2, 0.25) is 0 Å². The van der Waals surface area contributed by atoms with E-state index >= 15 is 0 Å². The van der Waals surface area contributed by atoms with E-state index in [-0.39, 0.29) is 24.8 Å². The van der Waals surface area contributed by atoms with Crippen LogP contribution in [0, 0.1) is 5.92 Å². The van der Waals surface area contributed by atoms with Gasteiger partial charge in [-0.1, -0.05) is 12.1 Å². The molecule has 8 heteroatoms. The fourth-order valence-electron chi connectivity index (χ4n) is 3.20. The zero-order valence-corrected chi connectivity index (χ0v) is 14.4. The Morgan fingerprint density at radius 1 is 1.35 bits per heavy atom. The van der Waals surface area contributed by atoms with Gasteiger partial charge in [-0.3, -0.25) is 19.3 Å². The molecule has 3 rings (SSSR count). The van der Waals surface area contributed by atoms with Crippen LogP contribution in [-0.4, -0.2) is 45.9 Å². The molecule has 1 aliphatic heterocycles. The number of imide groups is 1. The predicted octanol–water partition coefficient (Wildman–Crippen LogP) is 1.36. The molecule has 2 fully saturated rings. The Bertz CT molecular complexity index is 774. The summed E-state index contributed by atoms with van der Waals surface area (Å²) in [5, 5.41) is 14.1. The molecule has 138 valence electrons. The number of anilines is 1. The molecule has 3 N–H and O–H groups in total. The summed E-state index contributed by atoms with van der Waals surface area (Å²) in [6.07, 6.45) is 2.14. The van der Waals surface area contributed by atoms with Crippen LogP contribution in [0.15, 0.2) is 24.3 Å². The lowest BCUT2D eigenvalue weighted by Crippen LogP contribution is -2.46. The number of aryl methyl sites for hydroxylation is 1. The van der Waals surface area contributed by atoms with Crippen LogP contribution >= 0.6 is 0 Å². The molecule has 26 heavy (non-hydrogen) atoms. The molecule has 1 aromatic rings. The van der Waals surface area contributed by atoms with Crippen LogP contribution in [0.25, 0.3) is 0 Å². The zero-order valence-electron chi connectivity index (χ0n) is 14.4. The van der Waals surface area contributed by atoms with Crippen LogP contribution < -0.4 is 10.6 Å². The highest BCUT2D eigenvalue weighted by Crippen LogP contribution is 2.42. The summed E-state index contributed by atoms with van der Waals surface area (Å²) in [5.74, 6) is -1.60. The van der Waals surface area contributed by atoms with Crippen molar-refractivity contribution >= 4 is 29.5 Å². The molecule has 1 aliphatic carbocycles. The Morgan fingerprint density at radius 2 is 2.08 bits per heavy atom. The highest BCUT2D eigenvalue weighted by atomic mass is 16.4. The minimum atomic E-state index is -0.909. The van der Waals surface area contributed by atoms with Crippen molar-refractivity contribution in [2.45, 2.75) is 38.1 Å². The van der Waals surface area contributed by atoms with Gasteiger partial charge in [0.2, 0.25) is 5.91 Å². The van der Waals surface area contributed by atoms with Crippen LogP contribution in [-0.2, 0) is 20.8 Å². The van der Waals surface area contributed by atoms with E-state index < -0.39 is 23.4 Å². The highest BCUT2D eigenvalue weighted by molar-refractivity contribution is 6.10. The maximum atomic E-state index is 12.5. The maximum Gasteiger partial charge on any atom is 0.325 e. The van der Waals surface area contributed by atoms with Crippen LogP contribution in [0.3, 0.4) is 0 Å². The summed E-state index contributed by atoms with van der Waals surface area (Å²) in [7, 11) is 0. The SMILES string of the molecule is CC1(C2CC2)NC(=O)N(CC(=O)Nc2cccc(CCC(=O)O)c2)C1=O. The third-order valence-electron chi connectivity index (χ3n) is 4.84. The van der Waals surface area contributed by atoms with E-state index in [1.54, 1.807) is 31.2 Å². The molecule has 0 bridgehead atoms. The quantitative estimate of drug-likeness (QED) is 0.636. The second-order valence-corrected chi connectivity index (χ2v) is 6.94. The molecule has 0 aromatic heterocycles. The Morgan fingerprint density at radius 3 is 2.73 bits per heavy atom. The van der Waals surface area contributed by atoms with Crippen LogP contribution in [0.1, 0.15) is 31.7 Å². The number of aliphatic carboxylic acids is 1. The standard InChI is InChI=1S/C18H21N3O5/c1-18(12-6-7-12)16(25)21(17(26)20-18)10-14(22)19-13-4-2-3-11(9-13)5-8-15(23)24/h2-4,9,12H,5-8,10H2,1H3,(H,19,22)(H,20,26)(H,23,24). The third-order valence-corrected chi connectivity index (χ3v) is 4.84. The highest BCUT2D eigenvalue weighted by Gasteiger charge is 2.56. The maximum absolute atomic E-state index is 12.5. The summed E-state index contributed by atoms with van der Waals surface area (Å²) >= 11 is 0. The average molecular weight is 359 g/mol. The second-order valence-electron chi connectivity index (χ2n) is 6.94. The minimum absolute atomic E-state index is 0.000397. The van der Waals surface area contributed by atoms with E-state index in [1.807, 2.05) is 0 Å².